The van der Waals surface area contributed by atoms with Crippen LogP contribution in [0.15, 0.2) is 0 Å². The standard InChI is InChI=1S/C11H25N3S/c1-5-6-8-12-11(15)14(4)10-7-9-13(2)3/h5-10H2,1-4H3,(H,12,15). The van der Waals surface area contributed by atoms with Gasteiger partial charge in [-0.3, -0.25) is 0 Å². The largest absolute Gasteiger partial charge is 0.363 e. The zero-order valence-corrected chi connectivity index (χ0v) is 11.4. The minimum absolute atomic E-state index is 0.877. The molecule has 3 nitrogen and oxygen atoms in total. The molecule has 4 heteroatoms. The van der Waals surface area contributed by atoms with Gasteiger partial charge in [-0.25, -0.2) is 0 Å². The van der Waals surface area contributed by atoms with Gasteiger partial charge in [0, 0.05) is 20.1 Å². The van der Waals surface area contributed by atoms with Crippen molar-refractivity contribution in [3.63, 3.8) is 0 Å². The molecule has 0 spiro atoms. The summed E-state index contributed by atoms with van der Waals surface area (Å²) in [5, 5.41) is 4.14. The van der Waals surface area contributed by atoms with E-state index in [0.29, 0.717) is 0 Å². The molecule has 0 aromatic heterocycles. The van der Waals surface area contributed by atoms with Crippen molar-refractivity contribution in [2.24, 2.45) is 0 Å². The first-order valence-electron chi connectivity index (χ1n) is 5.71. The van der Waals surface area contributed by atoms with Gasteiger partial charge in [-0.1, -0.05) is 13.3 Å². The van der Waals surface area contributed by atoms with Crippen LogP contribution < -0.4 is 5.32 Å². The van der Waals surface area contributed by atoms with Crippen molar-refractivity contribution in [2.75, 3.05) is 40.8 Å². The monoisotopic (exact) mass is 231 g/mol. The highest BCUT2D eigenvalue weighted by atomic mass is 32.1. The first-order valence-corrected chi connectivity index (χ1v) is 6.12. The molecule has 0 heterocycles. The van der Waals surface area contributed by atoms with E-state index in [0.717, 1.165) is 31.2 Å². The third-order valence-corrected chi connectivity index (χ3v) is 2.71. The number of nitrogens with zero attached hydrogens (tertiary/aromatic N) is 2. The Morgan fingerprint density at radius 1 is 1.13 bits per heavy atom. The summed E-state index contributed by atoms with van der Waals surface area (Å²) >= 11 is 5.27. The highest BCUT2D eigenvalue weighted by Gasteiger charge is 2.02. The molecule has 0 rings (SSSR count). The molecule has 0 aliphatic carbocycles. The van der Waals surface area contributed by atoms with E-state index in [2.05, 4.69) is 43.2 Å². The summed E-state index contributed by atoms with van der Waals surface area (Å²) in [7, 11) is 6.24. The van der Waals surface area contributed by atoms with Gasteiger partial charge >= 0.3 is 0 Å². The summed E-state index contributed by atoms with van der Waals surface area (Å²) in [6.07, 6.45) is 3.55. The van der Waals surface area contributed by atoms with Gasteiger partial charge in [0.1, 0.15) is 0 Å². The summed E-state index contributed by atoms with van der Waals surface area (Å²) in [6, 6.07) is 0. The predicted octanol–water partition coefficient (Wildman–Crippen LogP) is 1.54. The van der Waals surface area contributed by atoms with Crippen LogP contribution in [-0.4, -0.2) is 55.7 Å². The SMILES string of the molecule is CCCCNC(=S)N(C)CCCN(C)C. The molecule has 0 radical (unpaired) electrons. The van der Waals surface area contributed by atoms with Crippen LogP contribution in [0.25, 0.3) is 0 Å². The van der Waals surface area contributed by atoms with Gasteiger partial charge in [-0.2, -0.15) is 0 Å². The van der Waals surface area contributed by atoms with Crippen molar-refractivity contribution in [2.45, 2.75) is 26.2 Å². The van der Waals surface area contributed by atoms with E-state index in [1.165, 1.54) is 12.8 Å². The Morgan fingerprint density at radius 3 is 2.33 bits per heavy atom. The molecule has 0 aromatic carbocycles. The van der Waals surface area contributed by atoms with E-state index in [-0.39, 0.29) is 0 Å². The van der Waals surface area contributed by atoms with Crippen LogP contribution in [0.4, 0.5) is 0 Å². The Bertz CT molecular complexity index is 171. The van der Waals surface area contributed by atoms with Crippen molar-refractivity contribution in [1.29, 1.82) is 0 Å². The number of rotatable bonds is 7. The van der Waals surface area contributed by atoms with Crippen LogP contribution in [-0.2, 0) is 0 Å². The third kappa shape index (κ3) is 8.63. The molecule has 0 aliphatic heterocycles. The molecule has 0 aromatic rings. The van der Waals surface area contributed by atoms with Gasteiger partial charge in [-0.05, 0) is 45.7 Å². The lowest BCUT2D eigenvalue weighted by Crippen LogP contribution is -2.38. The lowest BCUT2D eigenvalue weighted by Gasteiger charge is -2.21. The maximum Gasteiger partial charge on any atom is 0.168 e. The number of thiocarbonyl (C=S) groups is 1. The summed E-state index contributed by atoms with van der Waals surface area (Å²) in [4.78, 5) is 4.32. The molecule has 0 saturated heterocycles. The van der Waals surface area contributed by atoms with Gasteiger partial charge < -0.3 is 15.1 Å². The molecule has 0 fully saturated rings. The Morgan fingerprint density at radius 2 is 1.80 bits per heavy atom. The fourth-order valence-electron chi connectivity index (χ4n) is 1.23. The highest BCUT2D eigenvalue weighted by Crippen LogP contribution is 1.91. The molecular formula is C11H25N3S. The Kier molecular flexibility index (Phi) is 8.71. The summed E-state index contributed by atoms with van der Waals surface area (Å²) < 4.78 is 0. The van der Waals surface area contributed by atoms with Crippen LogP contribution in [0.3, 0.4) is 0 Å². The zero-order chi connectivity index (χ0) is 11.7. The second kappa shape index (κ2) is 8.92. The molecule has 1 N–H and O–H groups in total. The number of hydrogen-bond donors (Lipinski definition) is 1. The van der Waals surface area contributed by atoms with Gasteiger partial charge in [0.05, 0.1) is 0 Å². The molecule has 0 atom stereocenters. The third-order valence-electron chi connectivity index (χ3n) is 2.25. The van der Waals surface area contributed by atoms with Crippen molar-refractivity contribution in [1.82, 2.24) is 15.1 Å². The lowest BCUT2D eigenvalue weighted by molar-refractivity contribution is 0.368. The van der Waals surface area contributed by atoms with Gasteiger partial charge in [0.25, 0.3) is 0 Å². The topological polar surface area (TPSA) is 18.5 Å². The number of hydrogen-bond acceptors (Lipinski definition) is 2. The van der Waals surface area contributed by atoms with E-state index in [1.54, 1.807) is 0 Å². The van der Waals surface area contributed by atoms with E-state index >= 15 is 0 Å². The first kappa shape index (κ1) is 14.6. The van der Waals surface area contributed by atoms with Gasteiger partial charge in [0.15, 0.2) is 5.11 Å². The maximum atomic E-state index is 5.27. The summed E-state index contributed by atoms with van der Waals surface area (Å²) in [5.74, 6) is 0. The molecule has 0 saturated carbocycles. The maximum absolute atomic E-state index is 5.27. The van der Waals surface area contributed by atoms with Gasteiger partial charge in [0.2, 0.25) is 0 Å². The molecule has 0 unspecified atom stereocenters. The molecule has 0 aliphatic rings. The van der Waals surface area contributed by atoms with Crippen LogP contribution >= 0.6 is 12.2 Å². The van der Waals surface area contributed by atoms with Crippen molar-refractivity contribution >= 4 is 17.3 Å². The fraction of sp³-hybridized carbons (Fsp3) is 0.909. The fourth-order valence-corrected chi connectivity index (χ4v) is 1.43. The van der Waals surface area contributed by atoms with Crippen LogP contribution in [0.1, 0.15) is 26.2 Å². The van der Waals surface area contributed by atoms with E-state index in [4.69, 9.17) is 12.2 Å². The normalized spacial score (nSPS) is 10.5. The average molecular weight is 231 g/mol. The Balaban J connectivity index is 3.51. The Labute approximate surface area is 99.8 Å². The smallest absolute Gasteiger partial charge is 0.168 e. The van der Waals surface area contributed by atoms with E-state index < -0.39 is 0 Å². The molecule has 15 heavy (non-hydrogen) atoms. The van der Waals surface area contributed by atoms with E-state index in [9.17, 15) is 0 Å². The second-order valence-electron chi connectivity index (χ2n) is 4.16. The minimum atomic E-state index is 0.877. The van der Waals surface area contributed by atoms with Crippen molar-refractivity contribution < 1.29 is 0 Å². The summed E-state index contributed by atoms with van der Waals surface area (Å²) in [5.41, 5.74) is 0. The van der Waals surface area contributed by atoms with Crippen molar-refractivity contribution in [3.05, 3.63) is 0 Å². The van der Waals surface area contributed by atoms with E-state index in [1.807, 2.05) is 0 Å². The van der Waals surface area contributed by atoms with Gasteiger partial charge in [-0.15, -0.1) is 0 Å². The molecule has 0 bridgehead atoms. The van der Waals surface area contributed by atoms with Crippen LogP contribution in [0.5, 0.6) is 0 Å². The molecular weight excluding hydrogens is 206 g/mol. The molecule has 90 valence electrons. The number of nitrogens with one attached hydrogen (secondary N) is 1. The van der Waals surface area contributed by atoms with Crippen molar-refractivity contribution in [3.8, 4) is 0 Å². The lowest BCUT2D eigenvalue weighted by atomic mass is 10.3. The number of unbranched alkanes of at least 4 members (excludes halogenated alkanes) is 1. The summed E-state index contributed by atoms with van der Waals surface area (Å²) in [6.45, 7) is 5.32. The minimum Gasteiger partial charge on any atom is -0.363 e. The first-order chi connectivity index (χ1) is 7.07. The predicted molar refractivity (Wildman–Crippen MR) is 71.3 cm³/mol. The second-order valence-corrected chi connectivity index (χ2v) is 4.55. The highest BCUT2D eigenvalue weighted by molar-refractivity contribution is 7.80. The zero-order valence-electron chi connectivity index (χ0n) is 10.5. The average Bonchev–Trinajstić information content (AvgIpc) is 2.17. The molecule has 0 amide bonds. The quantitative estimate of drug-likeness (QED) is 0.529. The van der Waals surface area contributed by atoms with Crippen LogP contribution in [0.2, 0.25) is 0 Å². The Hall–Kier alpha value is -0.350. The van der Waals surface area contributed by atoms with Crippen LogP contribution in [0, 0.1) is 0 Å².